The molecule has 3 rings (SSSR count). The lowest BCUT2D eigenvalue weighted by atomic mass is 10.2. The van der Waals surface area contributed by atoms with Crippen LogP contribution in [-0.2, 0) is 19.6 Å². The van der Waals surface area contributed by atoms with Gasteiger partial charge >= 0.3 is 0 Å². The van der Waals surface area contributed by atoms with Crippen molar-refractivity contribution in [3.8, 4) is 0 Å². The Labute approximate surface area is 158 Å². The van der Waals surface area contributed by atoms with Crippen LogP contribution in [0.4, 0.5) is 4.39 Å². The number of hydrogen-bond donors (Lipinski definition) is 1. The molecule has 0 aromatic heterocycles. The second kappa shape index (κ2) is 8.35. The first-order valence-electron chi connectivity index (χ1n) is 9.22. The van der Waals surface area contributed by atoms with Gasteiger partial charge in [0.25, 0.3) is 0 Å². The molecule has 0 bridgehead atoms. The molecule has 1 N–H and O–H groups in total. The Morgan fingerprint density at radius 1 is 1.07 bits per heavy atom. The van der Waals surface area contributed by atoms with E-state index in [0.717, 1.165) is 42.4 Å². The van der Waals surface area contributed by atoms with Gasteiger partial charge in [-0.3, -0.25) is 9.59 Å². The Kier molecular flexibility index (Phi) is 6.11. The second-order valence-electron chi connectivity index (χ2n) is 6.86. The summed E-state index contributed by atoms with van der Waals surface area (Å²) in [5.74, 6) is -0.908. The zero-order valence-electron chi connectivity index (χ0n) is 15.1. The fraction of sp³-hybridized carbons (Fsp3) is 0.556. The van der Waals surface area contributed by atoms with Crippen molar-refractivity contribution in [1.29, 1.82) is 0 Å². The summed E-state index contributed by atoms with van der Waals surface area (Å²) in [6.45, 7) is 1.96. The quantitative estimate of drug-likeness (QED) is 0.779. The van der Waals surface area contributed by atoms with Gasteiger partial charge in [0.1, 0.15) is 11.9 Å². The number of carbonyl (C=O) groups is 2. The fourth-order valence-corrected chi connectivity index (χ4v) is 5.22. The van der Waals surface area contributed by atoms with Gasteiger partial charge in [-0.2, -0.15) is 4.31 Å². The lowest BCUT2D eigenvalue weighted by Gasteiger charge is -2.23. The van der Waals surface area contributed by atoms with Gasteiger partial charge in [0.2, 0.25) is 21.8 Å². The van der Waals surface area contributed by atoms with Crippen LogP contribution < -0.4 is 5.32 Å². The van der Waals surface area contributed by atoms with E-state index in [9.17, 15) is 22.4 Å². The first-order chi connectivity index (χ1) is 12.9. The largest absolute Gasteiger partial charge is 0.354 e. The van der Waals surface area contributed by atoms with E-state index in [1.54, 1.807) is 4.90 Å². The highest BCUT2D eigenvalue weighted by atomic mass is 32.2. The maximum absolute atomic E-state index is 13.1. The molecule has 1 atom stereocenters. The van der Waals surface area contributed by atoms with Gasteiger partial charge in [-0.25, -0.2) is 12.8 Å². The molecule has 27 heavy (non-hydrogen) atoms. The summed E-state index contributed by atoms with van der Waals surface area (Å²) in [5, 5.41) is 2.69. The van der Waals surface area contributed by atoms with Crippen LogP contribution in [0.5, 0.6) is 0 Å². The van der Waals surface area contributed by atoms with Gasteiger partial charge in [0.15, 0.2) is 0 Å². The molecule has 1 aromatic carbocycles. The van der Waals surface area contributed by atoms with Crippen LogP contribution in [0.3, 0.4) is 0 Å². The predicted molar refractivity (Wildman–Crippen MR) is 96.8 cm³/mol. The molecular weight excluding hydrogens is 373 g/mol. The third kappa shape index (κ3) is 4.47. The van der Waals surface area contributed by atoms with Crippen LogP contribution >= 0.6 is 0 Å². The first-order valence-corrected chi connectivity index (χ1v) is 10.7. The molecule has 2 saturated heterocycles. The average Bonchev–Trinajstić information content (AvgIpc) is 3.34. The van der Waals surface area contributed by atoms with Crippen molar-refractivity contribution in [2.24, 2.45) is 0 Å². The van der Waals surface area contributed by atoms with Crippen molar-refractivity contribution in [2.75, 3.05) is 26.2 Å². The molecule has 0 saturated carbocycles. The van der Waals surface area contributed by atoms with Crippen molar-refractivity contribution in [3.63, 3.8) is 0 Å². The van der Waals surface area contributed by atoms with Crippen molar-refractivity contribution in [3.05, 3.63) is 30.1 Å². The lowest BCUT2D eigenvalue weighted by Crippen LogP contribution is -2.46. The van der Waals surface area contributed by atoms with Crippen LogP contribution in [0.15, 0.2) is 29.2 Å². The summed E-state index contributed by atoms with van der Waals surface area (Å²) in [6, 6.07) is 3.77. The smallest absolute Gasteiger partial charge is 0.243 e. The summed E-state index contributed by atoms with van der Waals surface area (Å²) in [4.78, 5) is 26.3. The van der Waals surface area contributed by atoms with Gasteiger partial charge in [-0.15, -0.1) is 0 Å². The molecule has 0 radical (unpaired) electrons. The number of nitrogens with zero attached hydrogens (tertiary/aromatic N) is 2. The molecule has 2 aliphatic rings. The van der Waals surface area contributed by atoms with E-state index < -0.39 is 27.8 Å². The molecule has 1 aromatic rings. The Balaban J connectivity index is 1.59. The van der Waals surface area contributed by atoms with Gasteiger partial charge < -0.3 is 10.2 Å². The molecule has 9 heteroatoms. The lowest BCUT2D eigenvalue weighted by molar-refractivity contribution is -0.130. The molecule has 0 aliphatic carbocycles. The zero-order valence-corrected chi connectivity index (χ0v) is 15.9. The zero-order chi connectivity index (χ0) is 19.4. The highest BCUT2D eigenvalue weighted by Gasteiger charge is 2.39. The minimum absolute atomic E-state index is 0.00927. The second-order valence-corrected chi connectivity index (χ2v) is 8.75. The molecule has 148 valence electrons. The van der Waals surface area contributed by atoms with Crippen molar-refractivity contribution >= 4 is 21.8 Å². The first kappa shape index (κ1) is 19.8. The van der Waals surface area contributed by atoms with Crippen LogP contribution in [-0.4, -0.2) is 61.7 Å². The maximum Gasteiger partial charge on any atom is 0.243 e. The van der Waals surface area contributed by atoms with Crippen LogP contribution in [0.1, 0.15) is 32.1 Å². The topological polar surface area (TPSA) is 86.8 Å². The molecule has 1 unspecified atom stereocenters. The molecule has 2 amide bonds. The van der Waals surface area contributed by atoms with Gasteiger partial charge in [0.05, 0.1) is 4.90 Å². The summed E-state index contributed by atoms with van der Waals surface area (Å²) in [6.07, 6.45) is 3.23. The molecule has 2 heterocycles. The number of rotatable bonds is 6. The number of nitrogens with one attached hydrogen (secondary N) is 1. The van der Waals surface area contributed by atoms with Gasteiger partial charge in [-0.1, -0.05) is 0 Å². The maximum atomic E-state index is 13.1. The molecule has 0 spiro atoms. The third-order valence-electron chi connectivity index (χ3n) is 5.02. The minimum Gasteiger partial charge on any atom is -0.354 e. The van der Waals surface area contributed by atoms with Crippen molar-refractivity contribution < 1.29 is 22.4 Å². The van der Waals surface area contributed by atoms with Gasteiger partial charge in [-0.05, 0) is 49.9 Å². The highest BCUT2D eigenvalue weighted by Crippen LogP contribution is 2.26. The summed E-state index contributed by atoms with van der Waals surface area (Å²) in [5.41, 5.74) is 0. The van der Waals surface area contributed by atoms with Crippen LogP contribution in [0.2, 0.25) is 0 Å². The molecule has 2 fully saturated rings. The van der Waals surface area contributed by atoms with Crippen molar-refractivity contribution in [2.45, 2.75) is 43.0 Å². The molecule has 7 nitrogen and oxygen atoms in total. The number of hydrogen-bond acceptors (Lipinski definition) is 4. The molecular formula is C18H24FN3O4S. The monoisotopic (exact) mass is 397 g/mol. The van der Waals surface area contributed by atoms with Crippen LogP contribution in [0.25, 0.3) is 0 Å². The van der Waals surface area contributed by atoms with E-state index in [0.29, 0.717) is 12.8 Å². The van der Waals surface area contributed by atoms with Crippen molar-refractivity contribution in [1.82, 2.24) is 14.5 Å². The standard InChI is InChI=1S/C18H24FN3O4S/c19-14-5-7-15(8-6-14)27(25,26)22-13-3-4-16(22)18(24)20-10-9-17(23)21-11-1-2-12-21/h5-8,16H,1-4,9-13H2,(H,20,24). The third-order valence-corrected chi connectivity index (χ3v) is 6.95. The van der Waals surface area contributed by atoms with E-state index in [2.05, 4.69) is 5.32 Å². The highest BCUT2D eigenvalue weighted by molar-refractivity contribution is 7.89. The van der Waals surface area contributed by atoms with E-state index in [1.165, 1.54) is 12.1 Å². The number of sulfonamides is 1. The Bertz CT molecular complexity index is 791. The minimum atomic E-state index is -3.87. The van der Waals surface area contributed by atoms with E-state index in [-0.39, 0.29) is 30.3 Å². The Hall–Kier alpha value is -2.00. The fourth-order valence-electron chi connectivity index (χ4n) is 3.57. The van der Waals surface area contributed by atoms with Gasteiger partial charge in [0, 0.05) is 32.6 Å². The average molecular weight is 397 g/mol. The van der Waals surface area contributed by atoms with E-state index in [1.807, 2.05) is 0 Å². The Morgan fingerprint density at radius 3 is 2.41 bits per heavy atom. The normalized spacial score (nSPS) is 20.8. The number of amides is 2. The number of carbonyl (C=O) groups excluding carboxylic acids is 2. The molecule has 2 aliphatic heterocycles. The SMILES string of the molecule is O=C(NCCC(=O)N1CCCC1)C1CCCN1S(=O)(=O)c1ccc(F)cc1. The summed E-state index contributed by atoms with van der Waals surface area (Å²) < 4.78 is 39.8. The Morgan fingerprint density at radius 2 is 1.74 bits per heavy atom. The predicted octanol–water partition coefficient (Wildman–Crippen LogP) is 1.11. The number of likely N-dealkylation sites (tertiary alicyclic amines) is 1. The number of benzene rings is 1. The summed E-state index contributed by atoms with van der Waals surface area (Å²) in [7, 11) is -3.87. The van der Waals surface area contributed by atoms with Crippen LogP contribution in [0, 0.1) is 5.82 Å². The van der Waals surface area contributed by atoms with E-state index in [4.69, 9.17) is 0 Å². The van der Waals surface area contributed by atoms with E-state index >= 15 is 0 Å². The summed E-state index contributed by atoms with van der Waals surface area (Å²) >= 11 is 0. The number of halogens is 1.